The molecule has 2 aliphatic rings. The molecule has 0 saturated carbocycles. The molecule has 2 N–H and O–H groups in total. The highest BCUT2D eigenvalue weighted by molar-refractivity contribution is 6.46. The van der Waals surface area contributed by atoms with Crippen molar-refractivity contribution in [3.05, 3.63) is 101 Å². The smallest absolute Gasteiger partial charge is 0.295 e. The number of Topliss-reactive ketones (excluding diaryl/α,β-unsaturated/α-hetero) is 1. The van der Waals surface area contributed by atoms with E-state index >= 15 is 0 Å². The molecule has 0 unspecified atom stereocenters. The first-order valence-corrected chi connectivity index (χ1v) is 10.8. The molecule has 0 bridgehead atoms. The molecular formula is C27H23NO5. The molecule has 2 heterocycles. The predicted octanol–water partition coefficient (Wildman–Crippen LogP) is 4.34. The summed E-state index contributed by atoms with van der Waals surface area (Å²) in [6.07, 6.45) is 0.746. The van der Waals surface area contributed by atoms with Gasteiger partial charge in [0.15, 0.2) is 0 Å². The van der Waals surface area contributed by atoms with Crippen LogP contribution in [0.3, 0.4) is 0 Å². The normalized spacial score (nSPS) is 21.2. The second-order valence-corrected chi connectivity index (χ2v) is 8.46. The third-order valence-electron chi connectivity index (χ3n) is 6.09. The van der Waals surface area contributed by atoms with Crippen LogP contribution in [0.1, 0.15) is 35.2 Å². The standard InChI is InChI=1S/C27H23NO5/c1-16-12-20-13-19(10-11-22(20)33-16)25(30)23-24(18-8-5-9-21(29)14-18)28(27(32)26(23)31)15-17-6-3-2-4-7-17/h2-11,13-14,16,24,29-30H,12,15H2,1H3/t16-,24-/m0/s1. The molecule has 1 saturated heterocycles. The van der Waals surface area contributed by atoms with Gasteiger partial charge in [0.25, 0.3) is 11.7 Å². The molecule has 3 aromatic carbocycles. The average Bonchev–Trinajstić information content (AvgIpc) is 3.30. The van der Waals surface area contributed by atoms with Gasteiger partial charge >= 0.3 is 0 Å². The zero-order valence-corrected chi connectivity index (χ0v) is 18.1. The number of benzene rings is 3. The first kappa shape index (κ1) is 20.8. The summed E-state index contributed by atoms with van der Waals surface area (Å²) in [4.78, 5) is 27.7. The number of likely N-dealkylation sites (tertiary alicyclic amines) is 1. The van der Waals surface area contributed by atoms with Crippen LogP contribution in [0.25, 0.3) is 5.76 Å². The first-order valence-electron chi connectivity index (χ1n) is 10.8. The monoisotopic (exact) mass is 441 g/mol. The molecule has 166 valence electrons. The minimum atomic E-state index is -0.833. The fourth-order valence-corrected chi connectivity index (χ4v) is 4.59. The molecule has 3 aromatic rings. The van der Waals surface area contributed by atoms with Gasteiger partial charge in [-0.25, -0.2) is 0 Å². The molecule has 5 rings (SSSR count). The summed E-state index contributed by atoms with van der Waals surface area (Å²) in [5.41, 5.74) is 2.81. The second kappa shape index (κ2) is 8.13. The molecule has 2 atom stereocenters. The largest absolute Gasteiger partial charge is 0.508 e. The molecule has 6 nitrogen and oxygen atoms in total. The number of phenols is 1. The zero-order chi connectivity index (χ0) is 23.1. The van der Waals surface area contributed by atoms with Crippen molar-refractivity contribution in [2.45, 2.75) is 32.0 Å². The van der Waals surface area contributed by atoms with Crippen LogP contribution in [0, 0.1) is 0 Å². The third-order valence-corrected chi connectivity index (χ3v) is 6.09. The number of ketones is 1. The number of fused-ring (bicyclic) bond motifs is 1. The van der Waals surface area contributed by atoms with E-state index in [1.807, 2.05) is 37.3 Å². The maximum absolute atomic E-state index is 13.2. The number of hydrogen-bond acceptors (Lipinski definition) is 5. The molecule has 33 heavy (non-hydrogen) atoms. The maximum atomic E-state index is 13.2. The van der Waals surface area contributed by atoms with Crippen LogP contribution in [0.4, 0.5) is 0 Å². The van der Waals surface area contributed by atoms with Crippen LogP contribution in [0.2, 0.25) is 0 Å². The molecule has 0 radical (unpaired) electrons. The molecule has 1 fully saturated rings. The van der Waals surface area contributed by atoms with Gasteiger partial charge in [-0.05, 0) is 53.9 Å². The number of amides is 1. The van der Waals surface area contributed by atoms with Crippen LogP contribution in [-0.4, -0.2) is 32.9 Å². The van der Waals surface area contributed by atoms with Crippen LogP contribution < -0.4 is 4.74 Å². The number of aromatic hydroxyl groups is 1. The number of phenolic OH excluding ortho intramolecular Hbond substituents is 1. The Bertz CT molecular complexity index is 1280. The van der Waals surface area contributed by atoms with E-state index in [4.69, 9.17) is 4.74 Å². The van der Waals surface area contributed by atoms with E-state index in [9.17, 15) is 19.8 Å². The Morgan fingerprint density at radius 2 is 1.82 bits per heavy atom. The summed E-state index contributed by atoms with van der Waals surface area (Å²) >= 11 is 0. The fraction of sp³-hybridized carbons (Fsp3) is 0.185. The van der Waals surface area contributed by atoms with E-state index in [2.05, 4.69) is 0 Å². The second-order valence-electron chi connectivity index (χ2n) is 8.46. The lowest BCUT2D eigenvalue weighted by molar-refractivity contribution is -0.140. The van der Waals surface area contributed by atoms with Gasteiger partial charge in [-0.1, -0.05) is 42.5 Å². The Labute approximate surface area is 191 Å². The van der Waals surface area contributed by atoms with Crippen molar-refractivity contribution in [2.75, 3.05) is 0 Å². The fourth-order valence-electron chi connectivity index (χ4n) is 4.59. The number of aliphatic hydroxyl groups excluding tert-OH is 1. The number of ether oxygens (including phenoxy) is 1. The summed E-state index contributed by atoms with van der Waals surface area (Å²) < 4.78 is 5.74. The molecule has 2 aliphatic heterocycles. The van der Waals surface area contributed by atoms with Crippen LogP contribution in [0.15, 0.2) is 78.4 Å². The van der Waals surface area contributed by atoms with Crippen LogP contribution >= 0.6 is 0 Å². The van der Waals surface area contributed by atoms with E-state index < -0.39 is 17.7 Å². The molecule has 1 amide bonds. The molecular weight excluding hydrogens is 418 g/mol. The van der Waals surface area contributed by atoms with Gasteiger partial charge in [0.05, 0.1) is 11.6 Å². The van der Waals surface area contributed by atoms with Crippen molar-refractivity contribution in [1.82, 2.24) is 4.90 Å². The topological polar surface area (TPSA) is 87.1 Å². The van der Waals surface area contributed by atoms with Gasteiger partial charge in [0.2, 0.25) is 0 Å². The Morgan fingerprint density at radius 3 is 2.58 bits per heavy atom. The average molecular weight is 441 g/mol. The molecule has 6 heteroatoms. The van der Waals surface area contributed by atoms with E-state index in [1.54, 1.807) is 30.3 Å². The van der Waals surface area contributed by atoms with E-state index in [-0.39, 0.29) is 29.7 Å². The van der Waals surface area contributed by atoms with E-state index in [0.717, 1.165) is 16.9 Å². The lowest BCUT2D eigenvalue weighted by atomic mass is 9.94. The summed E-state index contributed by atoms with van der Waals surface area (Å²) in [6.45, 7) is 2.16. The molecule has 0 aromatic heterocycles. The first-order chi connectivity index (χ1) is 15.9. The maximum Gasteiger partial charge on any atom is 0.295 e. The highest BCUT2D eigenvalue weighted by atomic mass is 16.5. The Balaban J connectivity index is 1.64. The number of aliphatic hydroxyl groups is 1. The molecule has 0 spiro atoms. The summed E-state index contributed by atoms with van der Waals surface area (Å²) in [5.74, 6) is -0.900. The van der Waals surface area contributed by atoms with Crippen molar-refractivity contribution >= 4 is 17.4 Å². The highest BCUT2D eigenvalue weighted by Crippen LogP contribution is 2.42. The van der Waals surface area contributed by atoms with Crippen molar-refractivity contribution in [3.8, 4) is 11.5 Å². The van der Waals surface area contributed by atoms with Crippen LogP contribution in [0.5, 0.6) is 11.5 Å². The lowest BCUT2D eigenvalue weighted by Crippen LogP contribution is -2.29. The Morgan fingerprint density at radius 1 is 1.03 bits per heavy atom. The van der Waals surface area contributed by atoms with Crippen LogP contribution in [-0.2, 0) is 22.6 Å². The Hall–Kier alpha value is -4.06. The minimum absolute atomic E-state index is 0.00782. The quantitative estimate of drug-likeness (QED) is 0.357. The number of nitrogens with zero attached hydrogens (tertiary/aromatic N) is 1. The molecule has 0 aliphatic carbocycles. The van der Waals surface area contributed by atoms with Gasteiger partial charge in [-0.15, -0.1) is 0 Å². The van der Waals surface area contributed by atoms with Crippen molar-refractivity contribution in [2.24, 2.45) is 0 Å². The van der Waals surface area contributed by atoms with Crippen molar-refractivity contribution in [1.29, 1.82) is 0 Å². The van der Waals surface area contributed by atoms with E-state index in [1.165, 1.54) is 17.0 Å². The summed E-state index contributed by atoms with van der Waals surface area (Å²) in [5, 5.41) is 21.3. The van der Waals surface area contributed by atoms with E-state index in [0.29, 0.717) is 17.5 Å². The van der Waals surface area contributed by atoms with Gasteiger partial charge < -0.3 is 19.8 Å². The number of rotatable bonds is 4. The number of hydrogen-bond donors (Lipinski definition) is 2. The van der Waals surface area contributed by atoms with Gasteiger partial charge in [-0.2, -0.15) is 0 Å². The van der Waals surface area contributed by atoms with Gasteiger partial charge in [-0.3, -0.25) is 9.59 Å². The SMILES string of the molecule is C[C@H]1Cc2cc(C(O)=C3C(=O)C(=O)N(Cc4ccccc4)[C@H]3c3cccc(O)c3)ccc2O1. The van der Waals surface area contributed by atoms with Gasteiger partial charge in [0.1, 0.15) is 23.4 Å². The van der Waals surface area contributed by atoms with Crippen molar-refractivity contribution < 1.29 is 24.5 Å². The van der Waals surface area contributed by atoms with Gasteiger partial charge in [0, 0.05) is 18.5 Å². The lowest BCUT2D eigenvalue weighted by Gasteiger charge is -2.25. The minimum Gasteiger partial charge on any atom is -0.508 e. The summed E-state index contributed by atoms with van der Waals surface area (Å²) in [6, 6.07) is 20.2. The third kappa shape index (κ3) is 3.74. The summed E-state index contributed by atoms with van der Waals surface area (Å²) in [7, 11) is 0. The number of carbonyl (C=O) groups is 2. The predicted molar refractivity (Wildman–Crippen MR) is 123 cm³/mol. The van der Waals surface area contributed by atoms with Crippen molar-refractivity contribution in [3.63, 3.8) is 0 Å². The zero-order valence-electron chi connectivity index (χ0n) is 18.1. The number of carbonyl (C=O) groups excluding carboxylic acids is 2. The highest BCUT2D eigenvalue weighted by Gasteiger charge is 2.46. The Kier molecular flexibility index (Phi) is 5.13.